The Morgan fingerprint density at radius 2 is 1.89 bits per heavy atom. The van der Waals surface area contributed by atoms with Crippen LogP contribution in [-0.2, 0) is 6.42 Å². The van der Waals surface area contributed by atoms with Crippen molar-refractivity contribution in [1.29, 1.82) is 0 Å². The maximum absolute atomic E-state index is 5.15. The average Bonchev–Trinajstić information content (AvgIpc) is 2.36. The molecule has 0 bridgehead atoms. The molecule has 1 N–H and O–H groups in total. The lowest BCUT2D eigenvalue weighted by Gasteiger charge is -2.16. The molecule has 0 saturated heterocycles. The number of benzene rings is 1. The number of likely N-dealkylation sites (N-methyl/N-ethyl adjacent to an activating group) is 1. The number of nitrogens with one attached hydrogen (secondary N) is 1. The Morgan fingerprint density at radius 3 is 2.44 bits per heavy atom. The molecular formula is C15H26N2O. The van der Waals surface area contributed by atoms with Crippen LogP contribution in [0, 0.1) is 0 Å². The fraction of sp³-hybridized carbons (Fsp3) is 0.600. The van der Waals surface area contributed by atoms with Crippen LogP contribution in [0.2, 0.25) is 0 Å². The van der Waals surface area contributed by atoms with Gasteiger partial charge in [0, 0.05) is 19.1 Å². The fourth-order valence-corrected chi connectivity index (χ4v) is 1.81. The van der Waals surface area contributed by atoms with E-state index in [1.54, 1.807) is 7.11 Å². The van der Waals surface area contributed by atoms with Gasteiger partial charge in [-0.3, -0.25) is 0 Å². The van der Waals surface area contributed by atoms with Crippen LogP contribution in [-0.4, -0.2) is 45.2 Å². The summed E-state index contributed by atoms with van der Waals surface area (Å²) in [4.78, 5) is 2.20. The minimum absolute atomic E-state index is 0.562. The summed E-state index contributed by atoms with van der Waals surface area (Å²) < 4.78 is 5.15. The molecule has 0 radical (unpaired) electrons. The summed E-state index contributed by atoms with van der Waals surface area (Å²) >= 11 is 0. The molecule has 1 aromatic carbocycles. The van der Waals surface area contributed by atoms with Crippen molar-refractivity contribution < 1.29 is 4.74 Å². The Balaban J connectivity index is 2.22. The van der Waals surface area contributed by atoms with Gasteiger partial charge in [-0.1, -0.05) is 12.1 Å². The van der Waals surface area contributed by atoms with Crippen LogP contribution in [0.25, 0.3) is 0 Å². The fourth-order valence-electron chi connectivity index (χ4n) is 1.81. The van der Waals surface area contributed by atoms with E-state index in [0.29, 0.717) is 6.04 Å². The summed E-state index contributed by atoms with van der Waals surface area (Å²) in [5.41, 5.74) is 1.37. The summed E-state index contributed by atoms with van der Waals surface area (Å²) in [6, 6.07) is 8.91. The van der Waals surface area contributed by atoms with Crippen LogP contribution >= 0.6 is 0 Å². The first kappa shape index (κ1) is 15.0. The quantitative estimate of drug-likeness (QED) is 0.765. The average molecular weight is 250 g/mol. The number of nitrogens with zero attached hydrogens (tertiary/aromatic N) is 1. The van der Waals surface area contributed by atoms with Crippen molar-refractivity contribution in [3.63, 3.8) is 0 Å². The second kappa shape index (κ2) is 8.11. The monoisotopic (exact) mass is 250 g/mol. The Labute approximate surface area is 111 Å². The molecule has 1 unspecified atom stereocenters. The molecule has 102 valence electrons. The van der Waals surface area contributed by atoms with Crippen molar-refractivity contribution in [2.24, 2.45) is 0 Å². The van der Waals surface area contributed by atoms with Crippen molar-refractivity contribution in [2.75, 3.05) is 34.3 Å². The summed E-state index contributed by atoms with van der Waals surface area (Å²) in [7, 11) is 5.90. The molecule has 0 aliphatic rings. The number of aryl methyl sites for hydroxylation is 1. The molecular weight excluding hydrogens is 224 g/mol. The number of hydrogen-bond donors (Lipinski definition) is 1. The van der Waals surface area contributed by atoms with Gasteiger partial charge in [-0.05, 0) is 51.6 Å². The van der Waals surface area contributed by atoms with Gasteiger partial charge in [-0.25, -0.2) is 0 Å². The van der Waals surface area contributed by atoms with E-state index in [4.69, 9.17) is 4.74 Å². The molecule has 0 spiro atoms. The van der Waals surface area contributed by atoms with Gasteiger partial charge in [0.2, 0.25) is 0 Å². The van der Waals surface area contributed by atoms with E-state index < -0.39 is 0 Å². The molecule has 1 atom stereocenters. The zero-order valence-electron chi connectivity index (χ0n) is 12.1. The number of rotatable bonds is 8. The topological polar surface area (TPSA) is 24.5 Å². The molecule has 3 nitrogen and oxygen atoms in total. The number of methoxy groups -OCH3 is 1. The van der Waals surface area contributed by atoms with E-state index in [9.17, 15) is 0 Å². The van der Waals surface area contributed by atoms with Crippen molar-refractivity contribution in [3.8, 4) is 5.75 Å². The number of ether oxygens (including phenoxy) is 1. The second-order valence-corrected chi connectivity index (χ2v) is 5.05. The summed E-state index contributed by atoms with van der Waals surface area (Å²) in [5.74, 6) is 0.927. The molecule has 3 heteroatoms. The first-order chi connectivity index (χ1) is 8.61. The van der Waals surface area contributed by atoms with E-state index in [0.717, 1.165) is 25.3 Å². The second-order valence-electron chi connectivity index (χ2n) is 5.05. The molecule has 1 rings (SSSR count). The van der Waals surface area contributed by atoms with Crippen LogP contribution in [0.15, 0.2) is 24.3 Å². The maximum atomic E-state index is 5.15. The van der Waals surface area contributed by atoms with E-state index in [1.165, 1.54) is 12.0 Å². The number of hydrogen-bond acceptors (Lipinski definition) is 3. The highest BCUT2D eigenvalue weighted by molar-refractivity contribution is 5.27. The van der Waals surface area contributed by atoms with Crippen LogP contribution in [0.1, 0.15) is 18.9 Å². The highest BCUT2D eigenvalue weighted by Crippen LogP contribution is 2.13. The first-order valence-electron chi connectivity index (χ1n) is 6.63. The summed E-state index contributed by atoms with van der Waals surface area (Å²) in [6.07, 6.45) is 2.28. The molecule has 0 fully saturated rings. The van der Waals surface area contributed by atoms with Gasteiger partial charge in [-0.2, -0.15) is 0 Å². The first-order valence-corrected chi connectivity index (χ1v) is 6.63. The van der Waals surface area contributed by atoms with Gasteiger partial charge < -0.3 is 15.0 Å². The van der Waals surface area contributed by atoms with Gasteiger partial charge in [0.1, 0.15) is 5.75 Å². The highest BCUT2D eigenvalue weighted by Gasteiger charge is 2.02. The smallest absolute Gasteiger partial charge is 0.118 e. The Kier molecular flexibility index (Phi) is 6.76. The zero-order chi connectivity index (χ0) is 13.4. The highest BCUT2D eigenvalue weighted by atomic mass is 16.5. The lowest BCUT2D eigenvalue weighted by Crippen LogP contribution is -2.33. The molecule has 0 amide bonds. The van der Waals surface area contributed by atoms with Gasteiger partial charge in [-0.15, -0.1) is 0 Å². The predicted molar refractivity (Wildman–Crippen MR) is 77.3 cm³/mol. The van der Waals surface area contributed by atoms with Crippen LogP contribution in [0.3, 0.4) is 0 Å². The lowest BCUT2D eigenvalue weighted by molar-refractivity contribution is 0.383. The van der Waals surface area contributed by atoms with E-state index in [-0.39, 0.29) is 0 Å². The van der Waals surface area contributed by atoms with Crippen LogP contribution in [0.5, 0.6) is 5.75 Å². The molecule has 18 heavy (non-hydrogen) atoms. The summed E-state index contributed by atoms with van der Waals surface area (Å²) in [6.45, 7) is 4.39. The lowest BCUT2D eigenvalue weighted by atomic mass is 10.1. The van der Waals surface area contributed by atoms with Crippen LogP contribution in [0.4, 0.5) is 0 Å². The third-order valence-corrected chi connectivity index (χ3v) is 3.08. The molecule has 1 aromatic rings. The summed E-state index contributed by atoms with van der Waals surface area (Å²) in [5, 5.41) is 3.54. The zero-order valence-corrected chi connectivity index (χ0v) is 12.1. The standard InChI is InChI=1S/C15H26N2O/c1-13(16-11-12-17(2)3)5-6-14-7-9-15(18-4)10-8-14/h7-10,13,16H,5-6,11-12H2,1-4H3. The van der Waals surface area contributed by atoms with Crippen molar-refractivity contribution in [3.05, 3.63) is 29.8 Å². The van der Waals surface area contributed by atoms with Crippen molar-refractivity contribution in [2.45, 2.75) is 25.8 Å². The molecule has 0 aliphatic carbocycles. The third kappa shape index (κ3) is 6.03. The molecule has 0 aliphatic heterocycles. The molecule has 0 saturated carbocycles. The maximum Gasteiger partial charge on any atom is 0.118 e. The SMILES string of the molecule is COc1ccc(CCC(C)NCCN(C)C)cc1. The van der Waals surface area contributed by atoms with Gasteiger partial charge in [0.05, 0.1) is 7.11 Å². The van der Waals surface area contributed by atoms with Crippen LogP contribution < -0.4 is 10.1 Å². The van der Waals surface area contributed by atoms with E-state index in [1.807, 2.05) is 12.1 Å². The normalized spacial score (nSPS) is 12.7. The van der Waals surface area contributed by atoms with Gasteiger partial charge >= 0.3 is 0 Å². The largest absolute Gasteiger partial charge is 0.497 e. The van der Waals surface area contributed by atoms with E-state index in [2.05, 4.69) is 43.4 Å². The van der Waals surface area contributed by atoms with E-state index >= 15 is 0 Å². The molecule has 0 aromatic heterocycles. The Morgan fingerprint density at radius 1 is 1.22 bits per heavy atom. The minimum atomic E-state index is 0.562. The molecule has 0 heterocycles. The van der Waals surface area contributed by atoms with Gasteiger partial charge in [0.15, 0.2) is 0 Å². The van der Waals surface area contributed by atoms with Crippen molar-refractivity contribution in [1.82, 2.24) is 10.2 Å². The third-order valence-electron chi connectivity index (χ3n) is 3.08. The Hall–Kier alpha value is -1.06. The minimum Gasteiger partial charge on any atom is -0.497 e. The predicted octanol–water partition coefficient (Wildman–Crippen LogP) is 2.17. The van der Waals surface area contributed by atoms with Crippen molar-refractivity contribution >= 4 is 0 Å². The van der Waals surface area contributed by atoms with Gasteiger partial charge in [0.25, 0.3) is 0 Å². The Bertz CT molecular complexity index is 322.